The maximum Gasteiger partial charge on any atom is 0.317 e. The molecule has 0 aliphatic heterocycles. The zero-order chi connectivity index (χ0) is 22.4. The fourth-order valence-electron chi connectivity index (χ4n) is 1.86. The molecule has 29 heavy (non-hydrogen) atoms. The normalized spacial score (nSPS) is 11.9. The summed E-state index contributed by atoms with van der Waals surface area (Å²) in [5.74, 6) is -2.55. The zero-order valence-electron chi connectivity index (χ0n) is 16.8. The molecule has 0 bridgehead atoms. The highest BCUT2D eigenvalue weighted by molar-refractivity contribution is 7.99. The van der Waals surface area contributed by atoms with Gasteiger partial charge in [0.05, 0.1) is 12.4 Å². The Hall–Kier alpha value is -2.34. The second kappa shape index (κ2) is 13.8. The number of thioether (sulfide) groups is 1. The molecule has 0 aromatic carbocycles. The summed E-state index contributed by atoms with van der Waals surface area (Å²) in [4.78, 5) is 56.4. The van der Waals surface area contributed by atoms with Gasteiger partial charge in [0.1, 0.15) is 12.5 Å². The Kier molecular flexibility index (Phi) is 12.7. The van der Waals surface area contributed by atoms with Gasteiger partial charge in [-0.25, -0.2) is 0 Å². The fraction of sp³-hybridized carbons (Fsp3) is 0.706. The summed E-state index contributed by atoms with van der Waals surface area (Å²) in [6.07, 6.45) is -2.32. The van der Waals surface area contributed by atoms with Gasteiger partial charge in [-0.3, -0.25) is 24.0 Å². The number of carboxylic acids is 1. The van der Waals surface area contributed by atoms with Crippen molar-refractivity contribution >= 4 is 41.4 Å². The molecule has 0 aliphatic carbocycles. The Morgan fingerprint density at radius 3 is 2.31 bits per heavy atom. The van der Waals surface area contributed by atoms with Crippen LogP contribution in [0.15, 0.2) is 0 Å². The van der Waals surface area contributed by atoms with Crippen LogP contribution in [0.1, 0.15) is 26.7 Å². The summed E-state index contributed by atoms with van der Waals surface area (Å²) in [6.45, 7) is 3.00. The number of hydrogen-bond donors (Lipinski definition) is 5. The van der Waals surface area contributed by atoms with E-state index in [1.165, 1.54) is 25.6 Å². The van der Waals surface area contributed by atoms with E-state index in [0.29, 0.717) is 18.1 Å². The number of carbonyl (C=O) groups is 5. The van der Waals surface area contributed by atoms with E-state index in [2.05, 4.69) is 16.0 Å². The van der Waals surface area contributed by atoms with Gasteiger partial charge >= 0.3 is 11.9 Å². The molecule has 0 unspecified atom stereocenters. The molecule has 0 rings (SSSR count). The Labute approximate surface area is 173 Å². The lowest BCUT2D eigenvalue weighted by Gasteiger charge is -2.28. The van der Waals surface area contributed by atoms with Crippen molar-refractivity contribution in [2.24, 2.45) is 5.41 Å². The lowest BCUT2D eigenvalue weighted by Crippen LogP contribution is -2.47. The molecule has 0 aromatic rings. The Morgan fingerprint density at radius 2 is 1.72 bits per heavy atom. The summed E-state index contributed by atoms with van der Waals surface area (Å²) in [6, 6.07) is 0. The largest absolute Gasteiger partial charge is 0.481 e. The van der Waals surface area contributed by atoms with E-state index < -0.39 is 35.8 Å². The molecule has 0 aromatic heterocycles. The van der Waals surface area contributed by atoms with Gasteiger partial charge in [0, 0.05) is 37.7 Å². The molecule has 1 atom stereocenters. The van der Waals surface area contributed by atoms with Crippen molar-refractivity contribution in [3.63, 3.8) is 0 Å². The van der Waals surface area contributed by atoms with Crippen molar-refractivity contribution in [1.29, 1.82) is 0 Å². The van der Waals surface area contributed by atoms with Gasteiger partial charge in [-0.2, -0.15) is 11.8 Å². The van der Waals surface area contributed by atoms with Crippen LogP contribution in [-0.4, -0.2) is 84.2 Å². The van der Waals surface area contributed by atoms with Crippen LogP contribution in [-0.2, 0) is 28.7 Å². The van der Waals surface area contributed by atoms with Gasteiger partial charge in [-0.15, -0.1) is 0 Å². The molecule has 0 spiro atoms. The predicted octanol–water partition coefficient (Wildman–Crippen LogP) is -1.51. The van der Waals surface area contributed by atoms with Crippen molar-refractivity contribution in [2.45, 2.75) is 32.8 Å². The summed E-state index contributed by atoms with van der Waals surface area (Å²) < 4.78 is 4.77. The van der Waals surface area contributed by atoms with Crippen LogP contribution in [0.25, 0.3) is 0 Å². The maximum absolute atomic E-state index is 12.0. The van der Waals surface area contributed by atoms with Crippen molar-refractivity contribution < 1.29 is 38.9 Å². The molecule has 166 valence electrons. The van der Waals surface area contributed by atoms with Gasteiger partial charge < -0.3 is 30.9 Å². The third kappa shape index (κ3) is 12.7. The molecule has 0 saturated carbocycles. The number of ether oxygens (including phenoxy) is 1. The Balaban J connectivity index is 4.09. The van der Waals surface area contributed by atoms with E-state index in [9.17, 15) is 29.1 Å². The first-order chi connectivity index (χ1) is 13.5. The molecule has 0 radical (unpaired) electrons. The van der Waals surface area contributed by atoms with E-state index in [-0.39, 0.29) is 31.4 Å². The fourth-order valence-corrected chi connectivity index (χ4v) is 2.58. The van der Waals surface area contributed by atoms with Gasteiger partial charge in [0.2, 0.25) is 17.7 Å². The van der Waals surface area contributed by atoms with Crippen molar-refractivity contribution in [2.75, 3.05) is 38.2 Å². The minimum atomic E-state index is -1.52. The highest BCUT2D eigenvalue weighted by Gasteiger charge is 2.35. The molecule has 11 nitrogen and oxygen atoms in total. The summed E-state index contributed by atoms with van der Waals surface area (Å²) >= 11 is 1.38. The number of aliphatic hydroxyl groups is 1. The number of aliphatic carboxylic acids is 1. The monoisotopic (exact) mass is 435 g/mol. The maximum atomic E-state index is 12.0. The Morgan fingerprint density at radius 1 is 1.07 bits per heavy atom. The third-order valence-corrected chi connectivity index (χ3v) is 4.58. The minimum absolute atomic E-state index is 0.00198. The summed E-state index contributed by atoms with van der Waals surface area (Å²) in [5.41, 5.74) is -1.15. The second-order valence-corrected chi connectivity index (χ2v) is 7.84. The summed E-state index contributed by atoms with van der Waals surface area (Å²) in [7, 11) is 1.54. The molecule has 3 amide bonds. The van der Waals surface area contributed by atoms with Crippen LogP contribution in [0.5, 0.6) is 0 Å². The number of hydrogen-bond acceptors (Lipinski definition) is 8. The number of carboxylic acid groups (broad SMARTS) is 1. The minimum Gasteiger partial charge on any atom is -0.481 e. The standard InChI is InChI=1S/C17H29N3O8S/c1-17(2,10-28-14(25)8-13(23)24)15(26)16(27)20-5-4-11(21)19-6-7-29-9-12(22)18-3/h15,26H,4-10H2,1-3H3,(H,18,22)(H,19,21)(H,20,27)(H,23,24)/t15-/m0/s1. The van der Waals surface area contributed by atoms with Crippen LogP contribution < -0.4 is 16.0 Å². The SMILES string of the molecule is CNC(=O)CSCCNC(=O)CCNC(=O)[C@H](O)C(C)(C)COC(=O)CC(=O)O. The van der Waals surface area contributed by atoms with Gasteiger partial charge in [0.25, 0.3) is 0 Å². The van der Waals surface area contributed by atoms with E-state index in [1.807, 2.05) is 0 Å². The average Bonchev–Trinajstić information content (AvgIpc) is 2.64. The molecule has 0 heterocycles. The van der Waals surface area contributed by atoms with Crippen LogP contribution in [0, 0.1) is 5.41 Å². The first-order valence-corrected chi connectivity index (χ1v) is 10.0. The third-order valence-electron chi connectivity index (χ3n) is 3.62. The smallest absolute Gasteiger partial charge is 0.317 e. The highest BCUT2D eigenvalue weighted by Crippen LogP contribution is 2.21. The quantitative estimate of drug-likeness (QED) is 0.124. The van der Waals surface area contributed by atoms with E-state index in [1.54, 1.807) is 7.05 Å². The molecule has 5 N–H and O–H groups in total. The average molecular weight is 435 g/mol. The van der Waals surface area contributed by atoms with Crippen molar-refractivity contribution in [1.82, 2.24) is 16.0 Å². The molecule has 12 heteroatoms. The molecule has 0 aliphatic rings. The van der Waals surface area contributed by atoms with E-state index >= 15 is 0 Å². The van der Waals surface area contributed by atoms with Crippen LogP contribution >= 0.6 is 11.8 Å². The lowest BCUT2D eigenvalue weighted by atomic mass is 9.87. The lowest BCUT2D eigenvalue weighted by molar-refractivity contribution is -0.157. The number of amides is 3. The first-order valence-electron chi connectivity index (χ1n) is 8.87. The van der Waals surface area contributed by atoms with E-state index in [0.717, 1.165) is 0 Å². The summed E-state index contributed by atoms with van der Waals surface area (Å²) in [5, 5.41) is 26.2. The number of nitrogens with one attached hydrogen (secondary N) is 3. The van der Waals surface area contributed by atoms with Gasteiger partial charge in [0.15, 0.2) is 0 Å². The molecular formula is C17H29N3O8S. The number of esters is 1. The van der Waals surface area contributed by atoms with Gasteiger partial charge in [-0.1, -0.05) is 13.8 Å². The zero-order valence-corrected chi connectivity index (χ0v) is 17.6. The molecule has 0 fully saturated rings. The highest BCUT2D eigenvalue weighted by atomic mass is 32.2. The van der Waals surface area contributed by atoms with Crippen molar-refractivity contribution in [3.05, 3.63) is 0 Å². The van der Waals surface area contributed by atoms with Crippen LogP contribution in [0.3, 0.4) is 0 Å². The van der Waals surface area contributed by atoms with E-state index in [4.69, 9.17) is 9.84 Å². The Bertz CT molecular complexity index is 597. The predicted molar refractivity (Wildman–Crippen MR) is 105 cm³/mol. The molecular weight excluding hydrogens is 406 g/mol. The first kappa shape index (κ1) is 26.7. The number of rotatable bonds is 14. The van der Waals surface area contributed by atoms with Crippen LogP contribution in [0.4, 0.5) is 0 Å². The number of carbonyl (C=O) groups excluding carboxylic acids is 4. The van der Waals surface area contributed by atoms with Gasteiger partial charge in [-0.05, 0) is 0 Å². The number of aliphatic hydroxyl groups excluding tert-OH is 1. The second-order valence-electron chi connectivity index (χ2n) is 6.74. The van der Waals surface area contributed by atoms with Crippen LogP contribution in [0.2, 0.25) is 0 Å². The molecule has 0 saturated heterocycles. The van der Waals surface area contributed by atoms with Crippen molar-refractivity contribution in [3.8, 4) is 0 Å². The topological polar surface area (TPSA) is 171 Å².